The van der Waals surface area contributed by atoms with Crippen molar-refractivity contribution in [2.75, 3.05) is 0 Å². The fraction of sp³-hybridized carbons (Fsp3) is 0. The molecule has 0 unspecified atom stereocenters. The van der Waals surface area contributed by atoms with Crippen molar-refractivity contribution < 1.29 is 9.90 Å². The predicted octanol–water partition coefficient (Wildman–Crippen LogP) is 3.63. The summed E-state index contributed by atoms with van der Waals surface area (Å²) in [5.41, 5.74) is 0.912. The van der Waals surface area contributed by atoms with Crippen LogP contribution in [0, 0.1) is 0 Å². The molecule has 0 aliphatic heterocycles. The zero-order valence-electron chi connectivity index (χ0n) is 19.9. The molecule has 1 N–H and O–H groups in total. The van der Waals surface area contributed by atoms with Crippen molar-refractivity contribution in [3.63, 3.8) is 0 Å². The van der Waals surface area contributed by atoms with Gasteiger partial charge >= 0.3 is 0 Å². The summed E-state index contributed by atoms with van der Waals surface area (Å²) >= 11 is 0. The number of aromatic carboxylic acids is 1. The van der Waals surface area contributed by atoms with Crippen molar-refractivity contribution in [2.45, 2.75) is 0 Å². The maximum absolute atomic E-state index is 10.5. The van der Waals surface area contributed by atoms with Gasteiger partial charge in [-0.1, -0.05) is 84.9 Å². The molecule has 0 saturated heterocycles. The van der Waals surface area contributed by atoms with Crippen LogP contribution in [0.4, 0.5) is 0 Å². The summed E-state index contributed by atoms with van der Waals surface area (Å²) < 4.78 is 0. The van der Waals surface area contributed by atoms with Crippen molar-refractivity contribution in [3.05, 3.63) is 145 Å². The topological polar surface area (TPSA) is 81.7 Å². The molecular weight excluding hydrogens is 477 g/mol. The van der Waals surface area contributed by atoms with Gasteiger partial charge in [-0.15, -0.1) is 0 Å². The van der Waals surface area contributed by atoms with E-state index in [1.54, 1.807) is 12.1 Å². The molecule has 6 rings (SSSR count). The van der Waals surface area contributed by atoms with Gasteiger partial charge in [0.25, 0.3) is 0 Å². The van der Waals surface area contributed by atoms with Crippen molar-refractivity contribution in [1.82, 2.24) is 15.4 Å². The number of rotatable bonds is 5. The summed E-state index contributed by atoms with van der Waals surface area (Å²) in [6.45, 7) is 0. The summed E-state index contributed by atoms with van der Waals surface area (Å²) in [5, 5.41) is 25.8. The Labute approximate surface area is 215 Å². The van der Waals surface area contributed by atoms with Crippen LogP contribution in [0.1, 0.15) is 10.4 Å². The number of hydrogen-bond acceptors (Lipinski definition) is 4. The average molecular weight is 502 g/mol. The van der Waals surface area contributed by atoms with Crippen LogP contribution in [0.15, 0.2) is 140 Å². The van der Waals surface area contributed by atoms with Crippen LogP contribution in [-0.2, 0) is 0 Å². The number of aromatic amines is 1. The van der Waals surface area contributed by atoms with E-state index >= 15 is 0 Å². The van der Waals surface area contributed by atoms with Crippen LogP contribution in [0.2, 0.25) is 0 Å². The third-order valence-electron chi connectivity index (χ3n) is 6.14. The zero-order valence-corrected chi connectivity index (χ0v) is 20.8. The lowest BCUT2D eigenvalue weighted by atomic mass is 10.2. The molecular formula is C31H24N3O2P. The molecule has 0 bridgehead atoms. The summed E-state index contributed by atoms with van der Waals surface area (Å²) in [6, 6.07) is 48.5. The minimum atomic E-state index is -1.91. The second kappa shape index (κ2) is 11.0. The predicted molar refractivity (Wildman–Crippen MR) is 149 cm³/mol. The van der Waals surface area contributed by atoms with Crippen molar-refractivity contribution in [2.24, 2.45) is 0 Å². The lowest BCUT2D eigenvalue weighted by Crippen LogP contribution is -2.38. The van der Waals surface area contributed by atoms with E-state index < -0.39 is 13.2 Å². The van der Waals surface area contributed by atoms with Crippen molar-refractivity contribution >= 4 is 45.5 Å². The van der Waals surface area contributed by atoms with E-state index in [0.29, 0.717) is 11.0 Å². The first-order valence-electron chi connectivity index (χ1n) is 11.8. The lowest BCUT2D eigenvalue weighted by molar-refractivity contribution is -0.254. The number of para-hydroxylation sites is 1. The van der Waals surface area contributed by atoms with Gasteiger partial charge < -0.3 is 9.90 Å². The molecule has 1 aromatic heterocycles. The molecule has 0 spiro atoms. The molecule has 37 heavy (non-hydrogen) atoms. The van der Waals surface area contributed by atoms with E-state index in [9.17, 15) is 9.90 Å². The third-order valence-corrected chi connectivity index (χ3v) is 10.4. The van der Waals surface area contributed by atoms with E-state index in [4.69, 9.17) is 0 Å². The average Bonchev–Trinajstić information content (AvgIpc) is 3.45. The number of carbonyl (C=O) groups excluding carboxylic acids is 1. The molecule has 0 saturated carbocycles. The lowest BCUT2D eigenvalue weighted by Gasteiger charge is -2.27. The second-order valence-electron chi connectivity index (χ2n) is 8.30. The molecule has 0 aliphatic carbocycles. The van der Waals surface area contributed by atoms with Crippen LogP contribution < -0.4 is 26.3 Å². The smallest absolute Gasteiger partial charge is 0.144 e. The number of benzene rings is 5. The minimum Gasteiger partial charge on any atom is -0.545 e. The maximum atomic E-state index is 10.5. The highest BCUT2D eigenvalue weighted by atomic mass is 31.2. The Morgan fingerprint density at radius 1 is 0.541 bits per heavy atom. The molecule has 0 atom stereocenters. The van der Waals surface area contributed by atoms with Crippen LogP contribution in [-0.4, -0.2) is 21.4 Å². The first kappa shape index (κ1) is 24.1. The largest absolute Gasteiger partial charge is 0.545 e. The molecule has 5 nitrogen and oxygen atoms in total. The first-order valence-corrected chi connectivity index (χ1v) is 13.6. The molecule has 1 heterocycles. The highest BCUT2D eigenvalue weighted by Crippen LogP contribution is 2.53. The van der Waals surface area contributed by atoms with Crippen molar-refractivity contribution in [1.29, 1.82) is 0 Å². The van der Waals surface area contributed by atoms with Gasteiger partial charge in [0.15, 0.2) is 0 Å². The Balaban J connectivity index is 0.000000195. The minimum absolute atomic E-state index is 0.0567. The number of hydrogen-bond donors (Lipinski definition) is 1. The summed E-state index contributed by atoms with van der Waals surface area (Å²) in [4.78, 5) is 10.5. The fourth-order valence-electron chi connectivity index (χ4n) is 4.53. The molecule has 180 valence electrons. The molecule has 0 aliphatic rings. The van der Waals surface area contributed by atoms with Gasteiger partial charge in [-0.25, -0.2) is 0 Å². The highest BCUT2D eigenvalue weighted by Gasteiger charge is 2.47. The number of fused-ring (bicyclic) bond motifs is 1. The van der Waals surface area contributed by atoms with Crippen LogP contribution in [0.3, 0.4) is 0 Å². The second-order valence-corrected chi connectivity index (χ2v) is 11.7. The van der Waals surface area contributed by atoms with Gasteiger partial charge in [-0.2, -0.15) is 15.4 Å². The molecule has 6 heteroatoms. The highest BCUT2D eigenvalue weighted by molar-refractivity contribution is 8.01. The Morgan fingerprint density at radius 2 is 0.946 bits per heavy atom. The SMILES string of the molecule is O=C([O-])c1cccc2n[nH]nc12.c1ccc([P+](c2ccccc2)(c2ccccc2)c2ccccc2)cc1. The van der Waals surface area contributed by atoms with E-state index in [1.165, 1.54) is 27.3 Å². The Morgan fingerprint density at radius 3 is 1.32 bits per heavy atom. The number of aromatic nitrogens is 3. The van der Waals surface area contributed by atoms with Crippen LogP contribution in [0.5, 0.6) is 0 Å². The zero-order chi connectivity index (χ0) is 25.5. The quantitative estimate of drug-likeness (QED) is 0.366. The van der Waals surface area contributed by atoms with Crippen molar-refractivity contribution in [3.8, 4) is 0 Å². The number of H-pyrrole nitrogens is 1. The van der Waals surface area contributed by atoms with E-state index in [-0.39, 0.29) is 5.56 Å². The molecule has 0 radical (unpaired) electrons. The Bertz CT molecular complexity index is 1430. The summed E-state index contributed by atoms with van der Waals surface area (Å²) in [7, 11) is -1.91. The van der Waals surface area contributed by atoms with Gasteiger partial charge in [0.1, 0.15) is 39.5 Å². The summed E-state index contributed by atoms with van der Waals surface area (Å²) in [6.07, 6.45) is 0. The van der Waals surface area contributed by atoms with E-state index in [1.807, 2.05) is 0 Å². The normalized spacial score (nSPS) is 10.9. The van der Waals surface area contributed by atoms with Crippen LogP contribution in [0.25, 0.3) is 11.0 Å². The Kier molecular flexibility index (Phi) is 7.16. The fourth-order valence-corrected chi connectivity index (χ4v) is 8.80. The first-order chi connectivity index (χ1) is 18.2. The monoisotopic (exact) mass is 501 g/mol. The number of nitrogens with zero attached hydrogens (tertiary/aromatic N) is 2. The van der Waals surface area contributed by atoms with Crippen LogP contribution >= 0.6 is 7.26 Å². The standard InChI is InChI=1S/C24H20P.C7H5N3O2/c1-5-13-21(14-6-1)25(22-15-7-2-8-16-22,23-17-9-3-10-18-23)24-19-11-4-12-20-24;11-7(12)4-2-1-3-5-6(4)9-10-8-5/h1-20H;1-3H,(H,11,12)(H,8,9,10)/q+1;/p-1. The summed E-state index contributed by atoms with van der Waals surface area (Å²) in [5.74, 6) is -1.24. The van der Waals surface area contributed by atoms with E-state index in [2.05, 4.69) is 137 Å². The van der Waals surface area contributed by atoms with Gasteiger partial charge in [0.2, 0.25) is 0 Å². The molecule has 5 aromatic carbocycles. The van der Waals surface area contributed by atoms with Gasteiger partial charge in [-0.3, -0.25) is 0 Å². The molecule has 0 amide bonds. The number of carboxylic acids is 1. The number of carbonyl (C=O) groups is 1. The Hall–Kier alpha value is -4.60. The number of nitrogens with one attached hydrogen (secondary N) is 1. The van der Waals surface area contributed by atoms with Gasteiger partial charge in [0, 0.05) is 5.56 Å². The maximum Gasteiger partial charge on any atom is 0.144 e. The number of carboxylic acid groups (broad SMARTS) is 1. The van der Waals surface area contributed by atoms with Gasteiger partial charge in [-0.05, 0) is 54.6 Å². The third kappa shape index (κ3) is 4.77. The molecule has 6 aromatic rings. The van der Waals surface area contributed by atoms with E-state index in [0.717, 1.165) is 0 Å². The molecule has 0 fully saturated rings. The van der Waals surface area contributed by atoms with Gasteiger partial charge in [0.05, 0.1) is 5.97 Å².